The zero-order chi connectivity index (χ0) is 18.7. The molecule has 0 unspecified atom stereocenters. The van der Waals surface area contributed by atoms with Crippen molar-refractivity contribution < 1.29 is 18.7 Å². The van der Waals surface area contributed by atoms with Crippen LogP contribution < -0.4 is 14.8 Å². The first-order valence-corrected chi connectivity index (χ1v) is 9.13. The van der Waals surface area contributed by atoms with E-state index in [0.717, 1.165) is 5.56 Å². The van der Waals surface area contributed by atoms with Crippen molar-refractivity contribution in [1.82, 2.24) is 4.98 Å². The lowest BCUT2D eigenvalue weighted by Crippen LogP contribution is -2.12. The number of amides is 1. The highest BCUT2D eigenvalue weighted by Crippen LogP contribution is 2.35. The van der Waals surface area contributed by atoms with Gasteiger partial charge in [-0.1, -0.05) is 0 Å². The van der Waals surface area contributed by atoms with Gasteiger partial charge >= 0.3 is 0 Å². The summed E-state index contributed by atoms with van der Waals surface area (Å²) in [5, 5.41) is 4.88. The molecule has 0 radical (unpaired) electrons. The molecule has 1 N–H and O–H groups in total. The molecule has 26 heavy (non-hydrogen) atoms. The molecule has 0 aliphatic heterocycles. The number of carbonyl (C=O) groups is 1. The maximum atomic E-state index is 13.4. The van der Waals surface area contributed by atoms with Crippen molar-refractivity contribution in [3.8, 4) is 22.8 Å². The molecule has 0 spiro atoms. The molecular weight excluding hydrogens is 423 g/mol. The number of ether oxygens (including phenoxy) is 2. The van der Waals surface area contributed by atoms with Crippen LogP contribution in [0.25, 0.3) is 11.3 Å². The summed E-state index contributed by atoms with van der Waals surface area (Å²) in [7, 11) is 3.15. The fourth-order valence-corrected chi connectivity index (χ4v) is 3.44. The van der Waals surface area contributed by atoms with E-state index in [1.807, 2.05) is 6.07 Å². The number of halogens is 2. The normalized spacial score (nSPS) is 10.5. The van der Waals surface area contributed by atoms with Crippen LogP contribution in [0, 0.1) is 5.82 Å². The lowest BCUT2D eigenvalue weighted by Gasteiger charge is -2.08. The number of thiazole rings is 1. The summed E-state index contributed by atoms with van der Waals surface area (Å²) in [6.45, 7) is 0. The SMILES string of the molecule is COc1ccc(OC)c(-c2csc(NC(=O)c3cc(F)ccc3Br)n2)c1. The highest BCUT2D eigenvalue weighted by Gasteiger charge is 2.15. The number of nitrogens with zero attached hydrogens (tertiary/aromatic N) is 1. The van der Waals surface area contributed by atoms with Crippen LogP contribution >= 0.6 is 27.3 Å². The van der Waals surface area contributed by atoms with Crippen molar-refractivity contribution >= 4 is 38.3 Å². The molecule has 8 heteroatoms. The molecule has 0 saturated heterocycles. The third-order valence-corrected chi connectivity index (χ3v) is 5.03. The number of anilines is 1. The number of methoxy groups -OCH3 is 2. The van der Waals surface area contributed by atoms with E-state index >= 15 is 0 Å². The van der Waals surface area contributed by atoms with Crippen molar-refractivity contribution in [1.29, 1.82) is 0 Å². The van der Waals surface area contributed by atoms with Gasteiger partial charge in [-0.25, -0.2) is 9.37 Å². The lowest BCUT2D eigenvalue weighted by atomic mass is 10.1. The average molecular weight is 437 g/mol. The minimum Gasteiger partial charge on any atom is -0.497 e. The lowest BCUT2D eigenvalue weighted by molar-refractivity contribution is 0.102. The molecule has 0 bridgehead atoms. The smallest absolute Gasteiger partial charge is 0.258 e. The molecule has 1 aromatic heterocycles. The maximum Gasteiger partial charge on any atom is 0.258 e. The third-order valence-electron chi connectivity index (χ3n) is 3.58. The van der Waals surface area contributed by atoms with Crippen LogP contribution in [0.15, 0.2) is 46.3 Å². The number of hydrogen-bond donors (Lipinski definition) is 1. The minimum atomic E-state index is -0.487. The molecule has 3 rings (SSSR count). The molecule has 0 atom stereocenters. The van der Waals surface area contributed by atoms with Gasteiger partial charge < -0.3 is 9.47 Å². The number of aromatic nitrogens is 1. The Morgan fingerprint density at radius 3 is 2.73 bits per heavy atom. The van der Waals surface area contributed by atoms with Crippen LogP contribution in [0.5, 0.6) is 11.5 Å². The number of rotatable bonds is 5. The molecule has 0 saturated carbocycles. The Hall–Kier alpha value is -2.45. The van der Waals surface area contributed by atoms with E-state index in [9.17, 15) is 9.18 Å². The monoisotopic (exact) mass is 436 g/mol. The molecule has 0 aliphatic carbocycles. The second-order valence-corrected chi connectivity index (χ2v) is 6.89. The molecule has 134 valence electrons. The molecule has 1 heterocycles. The van der Waals surface area contributed by atoms with Crippen LogP contribution in [-0.2, 0) is 0 Å². The standard InChI is InChI=1S/C18H14BrFN2O3S/c1-24-11-4-6-16(25-2)13(8-11)15-9-26-18(21-15)22-17(23)12-7-10(20)3-5-14(12)19/h3-9H,1-2H3,(H,21,22,23). The van der Waals surface area contributed by atoms with Crippen LogP contribution in [0.1, 0.15) is 10.4 Å². The summed E-state index contributed by atoms with van der Waals surface area (Å²) in [6, 6.07) is 9.31. The molecular formula is C18H14BrFN2O3S. The Balaban J connectivity index is 1.87. The largest absolute Gasteiger partial charge is 0.497 e. The number of nitrogens with one attached hydrogen (secondary N) is 1. The van der Waals surface area contributed by atoms with Gasteiger partial charge in [-0.15, -0.1) is 11.3 Å². The zero-order valence-corrected chi connectivity index (χ0v) is 16.3. The second-order valence-electron chi connectivity index (χ2n) is 5.18. The van der Waals surface area contributed by atoms with Crippen molar-refractivity contribution in [3.63, 3.8) is 0 Å². The van der Waals surface area contributed by atoms with Gasteiger partial charge in [0.2, 0.25) is 0 Å². The van der Waals surface area contributed by atoms with Gasteiger partial charge in [-0.05, 0) is 52.3 Å². The minimum absolute atomic E-state index is 0.195. The quantitative estimate of drug-likeness (QED) is 0.612. The highest BCUT2D eigenvalue weighted by atomic mass is 79.9. The molecule has 2 aromatic carbocycles. The molecule has 1 amide bonds. The topological polar surface area (TPSA) is 60.5 Å². The van der Waals surface area contributed by atoms with Gasteiger partial charge in [0.05, 0.1) is 25.5 Å². The maximum absolute atomic E-state index is 13.4. The Morgan fingerprint density at radius 1 is 1.19 bits per heavy atom. The third kappa shape index (κ3) is 3.86. The van der Waals surface area contributed by atoms with Gasteiger partial charge in [-0.3, -0.25) is 10.1 Å². The number of carbonyl (C=O) groups excluding carboxylic acids is 1. The molecule has 0 fully saturated rings. The summed E-state index contributed by atoms with van der Waals surface area (Å²) in [6.07, 6.45) is 0. The predicted molar refractivity (Wildman–Crippen MR) is 103 cm³/mol. The fraction of sp³-hybridized carbons (Fsp3) is 0.111. The highest BCUT2D eigenvalue weighted by molar-refractivity contribution is 9.10. The van der Waals surface area contributed by atoms with E-state index in [2.05, 4.69) is 26.2 Å². The molecule has 3 aromatic rings. The summed E-state index contributed by atoms with van der Waals surface area (Å²) < 4.78 is 24.5. The van der Waals surface area contributed by atoms with E-state index in [4.69, 9.17) is 9.47 Å². The van der Waals surface area contributed by atoms with E-state index in [1.54, 1.807) is 31.7 Å². The fourth-order valence-electron chi connectivity index (χ4n) is 2.31. The second kappa shape index (κ2) is 7.84. The van der Waals surface area contributed by atoms with E-state index < -0.39 is 11.7 Å². The van der Waals surface area contributed by atoms with Gasteiger partial charge in [0.1, 0.15) is 17.3 Å². The van der Waals surface area contributed by atoms with Gasteiger partial charge in [0.15, 0.2) is 5.13 Å². The summed E-state index contributed by atoms with van der Waals surface area (Å²) in [5.74, 6) is 0.374. The van der Waals surface area contributed by atoms with Crippen molar-refractivity contribution in [2.24, 2.45) is 0 Å². The van der Waals surface area contributed by atoms with Crippen molar-refractivity contribution in [2.45, 2.75) is 0 Å². The van der Waals surface area contributed by atoms with Crippen LogP contribution in [0.2, 0.25) is 0 Å². The summed E-state index contributed by atoms with van der Waals surface area (Å²) in [5.41, 5.74) is 1.58. The van der Waals surface area contributed by atoms with Crippen LogP contribution in [0.4, 0.5) is 9.52 Å². The van der Waals surface area contributed by atoms with Crippen LogP contribution in [-0.4, -0.2) is 25.1 Å². The number of benzene rings is 2. The van der Waals surface area contributed by atoms with Gasteiger partial charge in [0, 0.05) is 15.4 Å². The molecule has 0 aliphatic rings. The van der Waals surface area contributed by atoms with Crippen molar-refractivity contribution in [3.05, 3.63) is 57.6 Å². The molecule has 5 nitrogen and oxygen atoms in total. The Morgan fingerprint density at radius 2 is 2.00 bits per heavy atom. The van der Waals surface area contributed by atoms with E-state index in [1.165, 1.54) is 29.5 Å². The summed E-state index contributed by atoms with van der Waals surface area (Å²) in [4.78, 5) is 16.8. The average Bonchev–Trinajstić information content (AvgIpc) is 3.11. The first kappa shape index (κ1) is 18.3. The Bertz CT molecular complexity index is 961. The van der Waals surface area contributed by atoms with E-state index in [-0.39, 0.29) is 5.56 Å². The van der Waals surface area contributed by atoms with Crippen LogP contribution in [0.3, 0.4) is 0 Å². The zero-order valence-electron chi connectivity index (χ0n) is 13.9. The Kier molecular flexibility index (Phi) is 5.53. The van der Waals surface area contributed by atoms with Crippen molar-refractivity contribution in [2.75, 3.05) is 19.5 Å². The Labute approximate surface area is 161 Å². The van der Waals surface area contributed by atoms with Gasteiger partial charge in [-0.2, -0.15) is 0 Å². The number of hydrogen-bond acceptors (Lipinski definition) is 5. The van der Waals surface area contributed by atoms with Gasteiger partial charge in [0.25, 0.3) is 5.91 Å². The van der Waals surface area contributed by atoms with E-state index in [0.29, 0.717) is 26.8 Å². The summed E-state index contributed by atoms with van der Waals surface area (Å²) >= 11 is 4.51. The predicted octanol–water partition coefficient (Wildman–Crippen LogP) is 4.98. The first-order chi connectivity index (χ1) is 12.5. The first-order valence-electron chi connectivity index (χ1n) is 7.46.